The topological polar surface area (TPSA) is 29.5 Å². The first-order valence-electron chi connectivity index (χ1n) is 10.8. The molecule has 0 amide bonds. The number of rotatable bonds is 5. The van der Waals surface area contributed by atoms with Gasteiger partial charge in [-0.1, -0.05) is 13.8 Å². The molecule has 0 aliphatic heterocycles. The lowest BCUT2D eigenvalue weighted by Gasteiger charge is -2.43. The number of hydrogen-bond acceptors (Lipinski definition) is 2. The highest BCUT2D eigenvalue weighted by atomic mass is 19.4. The van der Waals surface area contributed by atoms with Crippen molar-refractivity contribution in [3.05, 3.63) is 0 Å². The summed E-state index contributed by atoms with van der Waals surface area (Å²) in [4.78, 5) is 0. The Labute approximate surface area is 167 Å². The van der Waals surface area contributed by atoms with Gasteiger partial charge in [-0.05, 0) is 85.4 Å². The maximum atomic E-state index is 12.8. The van der Waals surface area contributed by atoms with Crippen molar-refractivity contribution >= 4 is 0 Å². The van der Waals surface area contributed by atoms with Crippen LogP contribution in [-0.4, -0.2) is 36.3 Å². The number of alkyl halides is 6. The van der Waals surface area contributed by atoms with Crippen LogP contribution >= 0.6 is 0 Å². The molecule has 1 N–H and O–H groups in total. The third-order valence-corrected chi connectivity index (χ3v) is 9.06. The summed E-state index contributed by atoms with van der Waals surface area (Å²) < 4.78 is 82.0. The molecule has 2 nitrogen and oxygen atoms in total. The highest BCUT2D eigenvalue weighted by molar-refractivity contribution is 5.07. The molecule has 4 fully saturated rings. The minimum atomic E-state index is -5.82. The minimum absolute atomic E-state index is 0.0155. The van der Waals surface area contributed by atoms with Crippen LogP contribution in [0.2, 0.25) is 0 Å². The Morgan fingerprint density at radius 3 is 1.90 bits per heavy atom. The summed E-state index contributed by atoms with van der Waals surface area (Å²) in [5.41, 5.74) is -4.82. The zero-order valence-electron chi connectivity index (χ0n) is 16.8. The lowest BCUT2D eigenvalue weighted by Crippen LogP contribution is -2.60. The molecule has 168 valence electrons. The van der Waals surface area contributed by atoms with Crippen LogP contribution in [0, 0.1) is 53.3 Å². The Hall–Kier alpha value is -0.500. The predicted octanol–water partition coefficient (Wildman–Crippen LogP) is 5.45. The van der Waals surface area contributed by atoms with Crippen molar-refractivity contribution in [2.24, 2.45) is 53.3 Å². The quantitative estimate of drug-likeness (QED) is 0.590. The molecule has 0 aromatic heterocycles. The second kappa shape index (κ2) is 7.01. The molecule has 0 saturated heterocycles. The first kappa shape index (κ1) is 21.7. The van der Waals surface area contributed by atoms with Crippen LogP contribution in [0.25, 0.3) is 0 Å². The summed E-state index contributed by atoms with van der Waals surface area (Å²) in [6.45, 7) is 2.66. The molecule has 0 aromatic carbocycles. The molecule has 9 unspecified atom stereocenters. The van der Waals surface area contributed by atoms with Gasteiger partial charge in [0.1, 0.15) is 0 Å². The third-order valence-electron chi connectivity index (χ3n) is 9.06. The highest BCUT2D eigenvalue weighted by Gasteiger charge is 2.70. The lowest BCUT2D eigenvalue weighted by molar-refractivity contribution is -0.378. The van der Waals surface area contributed by atoms with E-state index in [9.17, 15) is 31.4 Å². The average molecular weight is 428 g/mol. The second-order valence-corrected chi connectivity index (χ2v) is 10.2. The number of hydrogen-bond donors (Lipinski definition) is 1. The molecule has 8 heteroatoms. The van der Waals surface area contributed by atoms with Gasteiger partial charge in [-0.25, -0.2) is 0 Å². The SMILES string of the molecule is CC1C2CCC(C2)C1C1C(C)C2CC(COCC(O)(C(F)(F)F)C(F)(F)F)C1C2. The smallest absolute Gasteiger partial charge is 0.377 e. The summed E-state index contributed by atoms with van der Waals surface area (Å²) in [6, 6.07) is 0. The Morgan fingerprint density at radius 2 is 1.38 bits per heavy atom. The standard InChI is InChI=1S/C21H30F6O2/c1-10-12-3-4-13(5-12)17(10)18-11(2)14-6-15(16(18)7-14)8-29-9-19(28,20(22,23)24)21(25,26)27/h10-18,28H,3-9H2,1-2H3. The van der Waals surface area contributed by atoms with Crippen molar-refractivity contribution in [3.8, 4) is 0 Å². The van der Waals surface area contributed by atoms with E-state index in [1.807, 2.05) is 0 Å². The van der Waals surface area contributed by atoms with Crippen LogP contribution in [0.4, 0.5) is 26.3 Å². The largest absolute Gasteiger partial charge is 0.428 e. The van der Waals surface area contributed by atoms with Gasteiger partial charge in [0.15, 0.2) is 0 Å². The van der Waals surface area contributed by atoms with Crippen molar-refractivity contribution < 1.29 is 36.2 Å². The predicted molar refractivity (Wildman–Crippen MR) is 93.7 cm³/mol. The molecule has 4 saturated carbocycles. The van der Waals surface area contributed by atoms with Gasteiger partial charge in [-0.3, -0.25) is 0 Å². The monoisotopic (exact) mass is 428 g/mol. The molecular formula is C21H30F6O2. The number of halogens is 6. The summed E-state index contributed by atoms with van der Waals surface area (Å²) >= 11 is 0. The third kappa shape index (κ3) is 3.31. The number of ether oxygens (including phenoxy) is 1. The van der Waals surface area contributed by atoms with Crippen LogP contribution in [0.15, 0.2) is 0 Å². The molecule has 9 atom stereocenters. The lowest BCUT2D eigenvalue weighted by atomic mass is 9.62. The van der Waals surface area contributed by atoms with Crippen LogP contribution < -0.4 is 0 Å². The van der Waals surface area contributed by atoms with Crippen molar-refractivity contribution in [1.82, 2.24) is 0 Å². The van der Waals surface area contributed by atoms with Gasteiger partial charge in [0, 0.05) is 6.61 Å². The molecule has 4 aliphatic carbocycles. The Kier molecular flexibility index (Phi) is 5.25. The van der Waals surface area contributed by atoms with Gasteiger partial charge < -0.3 is 9.84 Å². The molecule has 29 heavy (non-hydrogen) atoms. The Morgan fingerprint density at radius 1 is 0.793 bits per heavy atom. The van der Waals surface area contributed by atoms with E-state index < -0.39 is 24.6 Å². The van der Waals surface area contributed by atoms with Crippen LogP contribution in [0.3, 0.4) is 0 Å². The first-order valence-corrected chi connectivity index (χ1v) is 10.8. The molecule has 0 spiro atoms. The Balaban J connectivity index is 1.41. The molecule has 4 bridgehead atoms. The van der Waals surface area contributed by atoms with Crippen LogP contribution in [0.1, 0.15) is 46.0 Å². The van der Waals surface area contributed by atoms with E-state index in [2.05, 4.69) is 13.8 Å². The van der Waals surface area contributed by atoms with Gasteiger partial charge in [0.05, 0.1) is 6.61 Å². The summed E-state index contributed by atoms with van der Waals surface area (Å²) in [6.07, 6.45) is -6.02. The van der Waals surface area contributed by atoms with Crippen molar-refractivity contribution in [3.63, 3.8) is 0 Å². The molecule has 0 heterocycles. The second-order valence-electron chi connectivity index (χ2n) is 10.2. The van der Waals surface area contributed by atoms with E-state index >= 15 is 0 Å². The first-order chi connectivity index (χ1) is 13.3. The van der Waals surface area contributed by atoms with Crippen molar-refractivity contribution in [1.29, 1.82) is 0 Å². The van der Waals surface area contributed by atoms with E-state index in [1.165, 1.54) is 19.3 Å². The summed E-state index contributed by atoms with van der Waals surface area (Å²) in [7, 11) is 0. The maximum absolute atomic E-state index is 12.8. The Bertz CT molecular complexity index is 601. The van der Waals surface area contributed by atoms with E-state index in [4.69, 9.17) is 4.74 Å². The van der Waals surface area contributed by atoms with Crippen molar-refractivity contribution in [2.45, 2.75) is 63.9 Å². The molecule has 0 aromatic rings. The number of aliphatic hydroxyl groups is 1. The van der Waals surface area contributed by atoms with E-state index in [1.54, 1.807) is 0 Å². The molecular weight excluding hydrogens is 398 g/mol. The van der Waals surface area contributed by atoms with Crippen molar-refractivity contribution in [2.75, 3.05) is 13.2 Å². The zero-order chi connectivity index (χ0) is 21.4. The summed E-state index contributed by atoms with van der Waals surface area (Å²) in [5.74, 6) is 4.62. The molecule has 4 rings (SSSR count). The maximum Gasteiger partial charge on any atom is 0.428 e. The highest BCUT2D eigenvalue weighted by Crippen LogP contribution is 2.65. The fraction of sp³-hybridized carbons (Fsp3) is 1.00. The van der Waals surface area contributed by atoms with Gasteiger partial charge in [-0.2, -0.15) is 26.3 Å². The van der Waals surface area contributed by atoms with Crippen LogP contribution in [0.5, 0.6) is 0 Å². The number of fused-ring (bicyclic) bond motifs is 4. The minimum Gasteiger partial charge on any atom is -0.377 e. The van der Waals surface area contributed by atoms with Gasteiger partial charge in [-0.15, -0.1) is 0 Å². The fourth-order valence-electron chi connectivity index (χ4n) is 7.60. The van der Waals surface area contributed by atoms with Gasteiger partial charge >= 0.3 is 12.4 Å². The molecule has 4 aliphatic rings. The zero-order valence-corrected chi connectivity index (χ0v) is 16.8. The molecule has 0 radical (unpaired) electrons. The normalized spacial score (nSPS) is 44.8. The fourth-order valence-corrected chi connectivity index (χ4v) is 7.60. The average Bonchev–Trinajstić information content (AvgIpc) is 3.33. The van der Waals surface area contributed by atoms with E-state index in [0.717, 1.165) is 24.7 Å². The van der Waals surface area contributed by atoms with Gasteiger partial charge in [0.25, 0.3) is 5.60 Å². The van der Waals surface area contributed by atoms with E-state index in [0.29, 0.717) is 35.5 Å². The van der Waals surface area contributed by atoms with Crippen LogP contribution in [-0.2, 0) is 4.74 Å². The van der Waals surface area contributed by atoms with Gasteiger partial charge in [0.2, 0.25) is 0 Å². The summed E-state index contributed by atoms with van der Waals surface area (Å²) in [5, 5.41) is 9.29. The van der Waals surface area contributed by atoms with E-state index in [-0.39, 0.29) is 12.5 Å².